The molecule has 0 bridgehead atoms. The first kappa shape index (κ1) is 13.7. The van der Waals surface area contributed by atoms with Gasteiger partial charge < -0.3 is 0 Å². The third-order valence-electron chi connectivity index (χ3n) is 2.17. The molecule has 1 rings (SSSR count). The van der Waals surface area contributed by atoms with Gasteiger partial charge in [-0.2, -0.15) is 0 Å². The molecule has 1 aromatic carbocycles. The zero-order valence-electron chi connectivity index (χ0n) is 10.6. The fourth-order valence-corrected chi connectivity index (χ4v) is 1.52. The Kier molecular flexibility index (Phi) is 6.44. The SMILES string of the molecule is C=C/C=C(\C)c1ccc(C)cc1C.CC. The van der Waals surface area contributed by atoms with E-state index in [2.05, 4.69) is 45.5 Å². The van der Waals surface area contributed by atoms with Crippen molar-refractivity contribution in [3.63, 3.8) is 0 Å². The topological polar surface area (TPSA) is 0 Å². The fraction of sp³-hybridized carbons (Fsp3) is 0.333. The molecule has 0 aliphatic carbocycles. The van der Waals surface area contributed by atoms with E-state index in [9.17, 15) is 0 Å². The van der Waals surface area contributed by atoms with E-state index in [1.807, 2.05) is 26.0 Å². The maximum Gasteiger partial charge on any atom is -0.0198 e. The summed E-state index contributed by atoms with van der Waals surface area (Å²) in [6.07, 6.45) is 3.87. The molecule has 0 spiro atoms. The van der Waals surface area contributed by atoms with Crippen LogP contribution < -0.4 is 0 Å². The highest BCUT2D eigenvalue weighted by atomic mass is 14.0. The number of rotatable bonds is 2. The van der Waals surface area contributed by atoms with Crippen LogP contribution >= 0.6 is 0 Å². The van der Waals surface area contributed by atoms with Crippen molar-refractivity contribution in [3.05, 3.63) is 53.6 Å². The molecule has 1 aromatic rings. The molecule has 0 aliphatic rings. The van der Waals surface area contributed by atoms with Gasteiger partial charge >= 0.3 is 0 Å². The highest BCUT2D eigenvalue weighted by Gasteiger charge is 1.98. The van der Waals surface area contributed by atoms with Gasteiger partial charge in [0, 0.05) is 0 Å². The second kappa shape index (κ2) is 7.05. The van der Waals surface area contributed by atoms with E-state index in [1.54, 1.807) is 0 Å². The van der Waals surface area contributed by atoms with Gasteiger partial charge in [0.2, 0.25) is 0 Å². The van der Waals surface area contributed by atoms with E-state index >= 15 is 0 Å². The van der Waals surface area contributed by atoms with Crippen molar-refractivity contribution in [2.75, 3.05) is 0 Å². The molecule has 0 heteroatoms. The number of hydrogen-bond donors (Lipinski definition) is 0. The summed E-state index contributed by atoms with van der Waals surface area (Å²) in [5.41, 5.74) is 5.22. The molecule has 0 fully saturated rings. The van der Waals surface area contributed by atoms with E-state index in [-0.39, 0.29) is 0 Å². The minimum atomic E-state index is 1.27. The second-order valence-electron chi connectivity index (χ2n) is 3.40. The first-order chi connectivity index (χ1) is 7.15. The molecule has 0 unspecified atom stereocenters. The van der Waals surface area contributed by atoms with Crippen LogP contribution in [0.1, 0.15) is 37.5 Å². The number of hydrogen-bond acceptors (Lipinski definition) is 0. The summed E-state index contributed by atoms with van der Waals surface area (Å²) in [5, 5.41) is 0. The lowest BCUT2D eigenvalue weighted by molar-refractivity contribution is 1.35. The van der Waals surface area contributed by atoms with Crippen molar-refractivity contribution < 1.29 is 0 Å². The first-order valence-corrected chi connectivity index (χ1v) is 5.52. The molecule has 0 radical (unpaired) electrons. The standard InChI is InChI=1S/C13H16.C2H6/c1-5-6-11(3)13-8-7-10(2)9-12(13)4;1-2/h5-9H,1H2,2-4H3;1-2H3/b11-6+;. The third-order valence-corrected chi connectivity index (χ3v) is 2.17. The Bertz CT molecular complexity index is 343. The van der Waals surface area contributed by atoms with E-state index < -0.39 is 0 Å². The smallest absolute Gasteiger partial charge is 0.0198 e. The first-order valence-electron chi connectivity index (χ1n) is 5.52. The summed E-state index contributed by atoms with van der Waals surface area (Å²) in [6.45, 7) is 14.1. The van der Waals surface area contributed by atoms with Crippen LogP contribution in [0, 0.1) is 13.8 Å². The Balaban J connectivity index is 0.000000921. The number of allylic oxidation sites excluding steroid dienone is 3. The Morgan fingerprint density at radius 1 is 1.20 bits per heavy atom. The average molecular weight is 202 g/mol. The molecule has 0 saturated carbocycles. The molecule has 0 heterocycles. The zero-order valence-corrected chi connectivity index (χ0v) is 10.6. The van der Waals surface area contributed by atoms with Crippen LogP contribution in [-0.2, 0) is 0 Å². The Hall–Kier alpha value is -1.30. The van der Waals surface area contributed by atoms with Crippen LogP contribution in [0.15, 0.2) is 36.9 Å². The van der Waals surface area contributed by atoms with Crippen LogP contribution in [0.4, 0.5) is 0 Å². The van der Waals surface area contributed by atoms with E-state index in [0.29, 0.717) is 0 Å². The van der Waals surface area contributed by atoms with Crippen molar-refractivity contribution in [2.24, 2.45) is 0 Å². The molecule has 0 N–H and O–H groups in total. The van der Waals surface area contributed by atoms with Crippen molar-refractivity contribution in [1.29, 1.82) is 0 Å². The maximum absolute atomic E-state index is 3.70. The van der Waals surface area contributed by atoms with E-state index in [4.69, 9.17) is 0 Å². The van der Waals surface area contributed by atoms with Gasteiger partial charge in [0.05, 0.1) is 0 Å². The molecule has 0 atom stereocenters. The minimum absolute atomic E-state index is 1.27. The van der Waals surface area contributed by atoms with Crippen molar-refractivity contribution in [1.82, 2.24) is 0 Å². The minimum Gasteiger partial charge on any atom is -0.0991 e. The number of aryl methyl sites for hydroxylation is 2. The molecular weight excluding hydrogens is 180 g/mol. The van der Waals surface area contributed by atoms with Crippen LogP contribution in [0.25, 0.3) is 5.57 Å². The largest absolute Gasteiger partial charge is 0.0991 e. The maximum atomic E-state index is 3.70. The normalized spacial score (nSPS) is 10.3. The van der Waals surface area contributed by atoms with Gasteiger partial charge in [0.15, 0.2) is 0 Å². The lowest BCUT2D eigenvalue weighted by atomic mass is 10.00. The van der Waals surface area contributed by atoms with Crippen LogP contribution in [-0.4, -0.2) is 0 Å². The van der Waals surface area contributed by atoms with E-state index in [1.165, 1.54) is 22.3 Å². The monoisotopic (exact) mass is 202 g/mol. The highest BCUT2D eigenvalue weighted by Crippen LogP contribution is 2.19. The zero-order chi connectivity index (χ0) is 11.8. The molecule has 0 aromatic heterocycles. The molecule has 0 amide bonds. The Morgan fingerprint density at radius 3 is 2.27 bits per heavy atom. The lowest BCUT2D eigenvalue weighted by Crippen LogP contribution is -1.86. The molecule has 0 nitrogen and oxygen atoms in total. The van der Waals surface area contributed by atoms with Crippen LogP contribution in [0.3, 0.4) is 0 Å². The average Bonchev–Trinajstić information content (AvgIpc) is 2.21. The molecule has 0 saturated heterocycles. The van der Waals surface area contributed by atoms with Crippen molar-refractivity contribution >= 4 is 5.57 Å². The van der Waals surface area contributed by atoms with Gasteiger partial charge in [-0.25, -0.2) is 0 Å². The number of benzene rings is 1. The van der Waals surface area contributed by atoms with E-state index in [0.717, 1.165) is 0 Å². The van der Waals surface area contributed by atoms with Gasteiger partial charge in [0.1, 0.15) is 0 Å². The highest BCUT2D eigenvalue weighted by molar-refractivity contribution is 5.67. The summed E-state index contributed by atoms with van der Waals surface area (Å²) in [4.78, 5) is 0. The van der Waals surface area contributed by atoms with Crippen LogP contribution in [0.2, 0.25) is 0 Å². The van der Waals surface area contributed by atoms with Gasteiger partial charge in [-0.1, -0.05) is 56.3 Å². The molecular formula is C15H22. The van der Waals surface area contributed by atoms with Gasteiger partial charge in [0.25, 0.3) is 0 Å². The summed E-state index contributed by atoms with van der Waals surface area (Å²) in [7, 11) is 0. The van der Waals surface area contributed by atoms with Gasteiger partial charge in [-0.3, -0.25) is 0 Å². The lowest BCUT2D eigenvalue weighted by Gasteiger charge is -2.06. The third kappa shape index (κ3) is 4.16. The molecule has 82 valence electrons. The predicted molar refractivity (Wildman–Crippen MR) is 71.1 cm³/mol. The quantitative estimate of drug-likeness (QED) is 0.597. The summed E-state index contributed by atoms with van der Waals surface area (Å²) < 4.78 is 0. The van der Waals surface area contributed by atoms with Crippen molar-refractivity contribution in [2.45, 2.75) is 34.6 Å². The predicted octanol–water partition coefficient (Wildman–Crippen LogP) is 4.92. The fourth-order valence-electron chi connectivity index (χ4n) is 1.52. The molecule has 15 heavy (non-hydrogen) atoms. The summed E-state index contributed by atoms with van der Waals surface area (Å²) in [6, 6.07) is 6.51. The molecule has 0 aliphatic heterocycles. The van der Waals surface area contributed by atoms with Crippen LogP contribution in [0.5, 0.6) is 0 Å². The second-order valence-corrected chi connectivity index (χ2v) is 3.40. The van der Waals surface area contributed by atoms with Gasteiger partial charge in [-0.05, 0) is 37.5 Å². The summed E-state index contributed by atoms with van der Waals surface area (Å²) >= 11 is 0. The Labute approximate surface area is 94.3 Å². The van der Waals surface area contributed by atoms with Crippen molar-refractivity contribution in [3.8, 4) is 0 Å². The Morgan fingerprint density at radius 2 is 1.80 bits per heavy atom. The van der Waals surface area contributed by atoms with Gasteiger partial charge in [-0.15, -0.1) is 0 Å². The summed E-state index contributed by atoms with van der Waals surface area (Å²) in [5.74, 6) is 0.